The fourth-order valence-corrected chi connectivity index (χ4v) is 4.69. The van der Waals surface area contributed by atoms with E-state index in [1.165, 1.54) is 25.2 Å². The second-order valence-electron chi connectivity index (χ2n) is 8.28. The maximum atomic E-state index is 13.8. The molecule has 0 bridgehead atoms. The number of halogens is 2. The number of aromatic nitrogens is 3. The number of carbonyl (C=O) groups excluding carboxylic acids is 1. The van der Waals surface area contributed by atoms with Gasteiger partial charge in [-0.05, 0) is 13.0 Å². The van der Waals surface area contributed by atoms with Crippen molar-refractivity contribution in [3.8, 4) is 11.3 Å². The zero-order valence-corrected chi connectivity index (χ0v) is 16.8. The van der Waals surface area contributed by atoms with Crippen LogP contribution in [0.15, 0.2) is 36.5 Å². The van der Waals surface area contributed by atoms with Gasteiger partial charge >= 0.3 is 0 Å². The van der Waals surface area contributed by atoms with E-state index in [1.807, 2.05) is 36.1 Å². The fourth-order valence-electron chi connectivity index (χ4n) is 4.69. The molecule has 1 unspecified atom stereocenters. The highest BCUT2D eigenvalue weighted by Crippen LogP contribution is 2.27. The monoisotopic (exact) mass is 412 g/mol. The van der Waals surface area contributed by atoms with Crippen LogP contribution in [0.3, 0.4) is 0 Å². The molecule has 0 aliphatic carbocycles. The Morgan fingerprint density at radius 2 is 2.03 bits per heavy atom. The van der Waals surface area contributed by atoms with Crippen molar-refractivity contribution in [3.63, 3.8) is 0 Å². The number of carbonyl (C=O) groups is 1. The molecular weight excluding hydrogens is 388 g/mol. The van der Waals surface area contributed by atoms with Gasteiger partial charge in [0, 0.05) is 18.4 Å². The van der Waals surface area contributed by atoms with E-state index >= 15 is 0 Å². The molecule has 6 nitrogen and oxygen atoms in total. The van der Waals surface area contributed by atoms with Crippen LogP contribution in [0.25, 0.3) is 16.9 Å². The maximum absolute atomic E-state index is 13.8. The van der Waals surface area contributed by atoms with Gasteiger partial charge in [0.15, 0.2) is 5.65 Å². The SMILES string of the molecule is Cc1ccc(-c2cc(C(F)F)n3ncc(C(=O)N4CC[NH+]5CCC[C@@H]5C4)c3n2)cc1. The molecule has 156 valence electrons. The van der Waals surface area contributed by atoms with Gasteiger partial charge in [0.25, 0.3) is 12.3 Å². The smallest absolute Gasteiger partial charge is 0.280 e. The number of piperazine rings is 1. The summed E-state index contributed by atoms with van der Waals surface area (Å²) in [6.45, 7) is 5.43. The molecule has 2 aromatic heterocycles. The van der Waals surface area contributed by atoms with Crippen LogP contribution in [0.1, 0.15) is 40.9 Å². The first-order valence-electron chi connectivity index (χ1n) is 10.4. The number of hydrogen-bond donors (Lipinski definition) is 1. The zero-order chi connectivity index (χ0) is 20.8. The average Bonchev–Trinajstić information content (AvgIpc) is 3.39. The third kappa shape index (κ3) is 3.25. The number of rotatable bonds is 3. The van der Waals surface area contributed by atoms with Crippen molar-refractivity contribution in [2.24, 2.45) is 0 Å². The molecule has 5 rings (SSSR count). The molecule has 30 heavy (non-hydrogen) atoms. The topological polar surface area (TPSA) is 54.9 Å². The highest BCUT2D eigenvalue weighted by Gasteiger charge is 2.37. The first kappa shape index (κ1) is 19.1. The third-order valence-corrected chi connectivity index (χ3v) is 6.36. The molecule has 2 atom stereocenters. The molecule has 0 radical (unpaired) electrons. The minimum absolute atomic E-state index is 0.176. The van der Waals surface area contributed by atoms with Crippen molar-refractivity contribution in [2.45, 2.75) is 32.2 Å². The molecule has 3 aromatic rings. The van der Waals surface area contributed by atoms with Crippen molar-refractivity contribution in [1.82, 2.24) is 19.5 Å². The van der Waals surface area contributed by atoms with Gasteiger partial charge in [0.05, 0.1) is 38.1 Å². The molecule has 1 amide bonds. The first-order chi connectivity index (χ1) is 14.5. The number of nitrogens with one attached hydrogen (secondary N) is 1. The number of fused-ring (bicyclic) bond motifs is 2. The van der Waals surface area contributed by atoms with Gasteiger partial charge in [-0.3, -0.25) is 4.79 Å². The van der Waals surface area contributed by atoms with Crippen molar-refractivity contribution in [3.05, 3.63) is 53.3 Å². The standard InChI is InChI=1S/C22H23F2N5O/c1-14-4-6-15(7-5-14)18-11-19(20(23)24)29-21(26-18)17(12-25-29)22(30)28-10-9-27-8-2-3-16(27)13-28/h4-7,11-12,16,20H,2-3,8-10,13H2,1H3/p+1/t16-/m1/s1. The summed E-state index contributed by atoms with van der Waals surface area (Å²) in [5, 5.41) is 4.09. The number of hydrogen-bond acceptors (Lipinski definition) is 3. The summed E-state index contributed by atoms with van der Waals surface area (Å²) in [7, 11) is 0. The van der Waals surface area contributed by atoms with Crippen LogP contribution in [0.5, 0.6) is 0 Å². The lowest BCUT2D eigenvalue weighted by molar-refractivity contribution is -0.916. The van der Waals surface area contributed by atoms with Gasteiger partial charge in [-0.15, -0.1) is 0 Å². The Morgan fingerprint density at radius 3 is 2.80 bits per heavy atom. The van der Waals surface area contributed by atoms with Gasteiger partial charge < -0.3 is 9.80 Å². The van der Waals surface area contributed by atoms with Crippen LogP contribution in [-0.2, 0) is 0 Å². The van der Waals surface area contributed by atoms with Gasteiger partial charge in [-0.2, -0.15) is 5.10 Å². The predicted octanol–water partition coefficient (Wildman–Crippen LogP) is 2.15. The van der Waals surface area contributed by atoms with Crippen molar-refractivity contribution < 1.29 is 18.5 Å². The van der Waals surface area contributed by atoms with Crippen LogP contribution in [0, 0.1) is 6.92 Å². The minimum atomic E-state index is -2.73. The second kappa shape index (κ2) is 7.43. The van der Waals surface area contributed by atoms with Gasteiger partial charge in [0.1, 0.15) is 17.3 Å². The fraction of sp³-hybridized carbons (Fsp3) is 0.409. The lowest BCUT2D eigenvalue weighted by atomic mass is 10.1. The van der Waals surface area contributed by atoms with E-state index in [1.54, 1.807) is 4.90 Å². The van der Waals surface area contributed by atoms with Gasteiger partial charge in [-0.25, -0.2) is 18.3 Å². The Bertz CT molecular complexity index is 1090. The summed E-state index contributed by atoms with van der Waals surface area (Å²) >= 11 is 0. The summed E-state index contributed by atoms with van der Waals surface area (Å²) in [5.74, 6) is -0.176. The van der Waals surface area contributed by atoms with E-state index in [4.69, 9.17) is 0 Å². The van der Waals surface area contributed by atoms with E-state index < -0.39 is 6.43 Å². The molecule has 2 fully saturated rings. The summed E-state index contributed by atoms with van der Waals surface area (Å²) in [6, 6.07) is 9.35. The molecule has 2 aliphatic rings. The van der Waals surface area contributed by atoms with E-state index in [-0.39, 0.29) is 22.8 Å². The largest absolute Gasteiger partial charge is 0.330 e. The Hall–Kier alpha value is -2.87. The van der Waals surface area contributed by atoms with E-state index in [9.17, 15) is 13.6 Å². The summed E-state index contributed by atoms with van der Waals surface area (Å²) in [5.41, 5.74) is 2.43. The Labute approximate surface area is 173 Å². The Balaban J connectivity index is 1.55. The Morgan fingerprint density at radius 1 is 1.23 bits per heavy atom. The quantitative estimate of drug-likeness (QED) is 0.717. The molecule has 2 aliphatic heterocycles. The molecule has 1 aromatic carbocycles. The van der Waals surface area contributed by atoms with Crippen LogP contribution in [0.2, 0.25) is 0 Å². The summed E-state index contributed by atoms with van der Waals surface area (Å²) in [6.07, 6.45) is 0.966. The predicted molar refractivity (Wildman–Crippen MR) is 108 cm³/mol. The molecule has 1 N–H and O–H groups in total. The number of aryl methyl sites for hydroxylation is 1. The first-order valence-corrected chi connectivity index (χ1v) is 10.4. The molecule has 0 spiro atoms. The van der Waals surface area contributed by atoms with Crippen molar-refractivity contribution in [2.75, 3.05) is 26.2 Å². The van der Waals surface area contributed by atoms with Gasteiger partial charge in [0.2, 0.25) is 0 Å². The molecule has 4 heterocycles. The van der Waals surface area contributed by atoms with Crippen LogP contribution in [0.4, 0.5) is 8.78 Å². The summed E-state index contributed by atoms with van der Waals surface area (Å²) in [4.78, 5) is 21.2. The number of benzene rings is 1. The highest BCUT2D eigenvalue weighted by molar-refractivity contribution is 6.00. The van der Waals surface area contributed by atoms with Crippen LogP contribution < -0.4 is 4.90 Å². The number of nitrogens with zero attached hydrogens (tertiary/aromatic N) is 4. The van der Waals surface area contributed by atoms with Crippen molar-refractivity contribution >= 4 is 11.6 Å². The molecule has 2 saturated heterocycles. The second-order valence-corrected chi connectivity index (χ2v) is 8.28. The normalized spacial score (nSPS) is 21.4. The highest BCUT2D eigenvalue weighted by atomic mass is 19.3. The van der Waals surface area contributed by atoms with Gasteiger partial charge in [-0.1, -0.05) is 29.8 Å². The zero-order valence-electron chi connectivity index (χ0n) is 16.8. The lowest BCUT2D eigenvalue weighted by Crippen LogP contribution is -3.16. The molecular formula is C22H24F2N5O+. The average molecular weight is 412 g/mol. The maximum Gasteiger partial charge on any atom is 0.280 e. The van der Waals surface area contributed by atoms with Crippen LogP contribution in [-0.4, -0.2) is 57.6 Å². The van der Waals surface area contributed by atoms with Crippen LogP contribution >= 0.6 is 0 Å². The minimum Gasteiger partial charge on any atom is -0.330 e. The number of quaternary nitrogens is 1. The summed E-state index contributed by atoms with van der Waals surface area (Å²) < 4.78 is 28.7. The number of amides is 1. The number of alkyl halides is 2. The third-order valence-electron chi connectivity index (χ3n) is 6.36. The molecule has 8 heteroatoms. The van der Waals surface area contributed by atoms with E-state index in [0.717, 1.165) is 28.6 Å². The Kier molecular flexibility index (Phi) is 4.73. The van der Waals surface area contributed by atoms with E-state index in [0.29, 0.717) is 24.8 Å². The van der Waals surface area contributed by atoms with E-state index in [2.05, 4.69) is 10.1 Å². The van der Waals surface area contributed by atoms with Crippen molar-refractivity contribution in [1.29, 1.82) is 0 Å². The molecule has 0 saturated carbocycles. The lowest BCUT2D eigenvalue weighted by Gasteiger charge is -2.34.